The van der Waals surface area contributed by atoms with Crippen LogP contribution in [0.4, 0.5) is 0 Å². The zero-order valence-corrected chi connectivity index (χ0v) is 8.17. The summed E-state index contributed by atoms with van der Waals surface area (Å²) < 4.78 is 10.6. The number of para-hydroxylation sites is 1. The molecule has 1 aromatic carbocycles. The number of hydrogen-bond donors (Lipinski definition) is 0. The molecule has 1 rings (SSSR count). The summed E-state index contributed by atoms with van der Waals surface area (Å²) in [4.78, 5) is 0. The SMILES string of the molecule is CCCCOc1ccc[c]c1OC. The summed E-state index contributed by atoms with van der Waals surface area (Å²) in [7, 11) is 1.62. The zero-order chi connectivity index (χ0) is 9.52. The van der Waals surface area contributed by atoms with Gasteiger partial charge in [0.2, 0.25) is 0 Å². The minimum Gasteiger partial charge on any atom is -0.492 e. The average Bonchev–Trinajstić information content (AvgIpc) is 2.19. The van der Waals surface area contributed by atoms with Crippen molar-refractivity contribution < 1.29 is 9.47 Å². The Morgan fingerprint density at radius 1 is 1.46 bits per heavy atom. The van der Waals surface area contributed by atoms with E-state index in [-0.39, 0.29) is 0 Å². The van der Waals surface area contributed by atoms with Crippen LogP contribution in [0.25, 0.3) is 0 Å². The lowest BCUT2D eigenvalue weighted by molar-refractivity contribution is 0.288. The lowest BCUT2D eigenvalue weighted by Crippen LogP contribution is -1.98. The molecule has 0 N–H and O–H groups in total. The van der Waals surface area contributed by atoms with Gasteiger partial charge in [-0.2, -0.15) is 0 Å². The van der Waals surface area contributed by atoms with E-state index >= 15 is 0 Å². The third-order valence-corrected chi connectivity index (χ3v) is 1.74. The van der Waals surface area contributed by atoms with Gasteiger partial charge in [0.25, 0.3) is 0 Å². The number of unbranched alkanes of at least 4 members (excludes halogenated alkanes) is 1. The Kier molecular flexibility index (Phi) is 4.16. The fraction of sp³-hybridized carbons (Fsp3) is 0.455. The highest BCUT2D eigenvalue weighted by atomic mass is 16.5. The van der Waals surface area contributed by atoms with Gasteiger partial charge < -0.3 is 9.47 Å². The Balaban J connectivity index is 2.54. The second kappa shape index (κ2) is 5.46. The maximum Gasteiger partial charge on any atom is 0.168 e. The largest absolute Gasteiger partial charge is 0.492 e. The molecule has 0 aliphatic rings. The quantitative estimate of drug-likeness (QED) is 0.647. The van der Waals surface area contributed by atoms with Crippen molar-refractivity contribution in [3.8, 4) is 11.5 Å². The first kappa shape index (κ1) is 9.90. The van der Waals surface area contributed by atoms with Crippen molar-refractivity contribution in [2.24, 2.45) is 0 Å². The van der Waals surface area contributed by atoms with Crippen LogP contribution in [-0.2, 0) is 0 Å². The van der Waals surface area contributed by atoms with Crippen molar-refractivity contribution in [3.05, 3.63) is 24.3 Å². The first-order valence-electron chi connectivity index (χ1n) is 4.56. The Morgan fingerprint density at radius 3 is 3.00 bits per heavy atom. The van der Waals surface area contributed by atoms with E-state index in [9.17, 15) is 0 Å². The van der Waals surface area contributed by atoms with E-state index in [2.05, 4.69) is 13.0 Å². The van der Waals surface area contributed by atoms with E-state index in [1.165, 1.54) is 0 Å². The van der Waals surface area contributed by atoms with Crippen molar-refractivity contribution in [1.82, 2.24) is 0 Å². The maximum absolute atomic E-state index is 5.51. The molecule has 0 amide bonds. The molecule has 0 saturated heterocycles. The molecule has 2 heteroatoms. The first-order valence-corrected chi connectivity index (χ1v) is 4.56. The monoisotopic (exact) mass is 179 g/mol. The van der Waals surface area contributed by atoms with Crippen molar-refractivity contribution in [2.75, 3.05) is 13.7 Å². The second-order valence-electron chi connectivity index (χ2n) is 2.77. The third kappa shape index (κ3) is 2.98. The van der Waals surface area contributed by atoms with Gasteiger partial charge >= 0.3 is 0 Å². The van der Waals surface area contributed by atoms with Crippen LogP contribution in [0.15, 0.2) is 18.2 Å². The molecule has 0 aliphatic heterocycles. The average molecular weight is 179 g/mol. The summed E-state index contributed by atoms with van der Waals surface area (Å²) in [6.45, 7) is 2.88. The molecule has 0 atom stereocenters. The summed E-state index contributed by atoms with van der Waals surface area (Å²) in [6.07, 6.45) is 2.21. The van der Waals surface area contributed by atoms with Gasteiger partial charge in [-0.15, -0.1) is 0 Å². The van der Waals surface area contributed by atoms with E-state index in [0.29, 0.717) is 5.75 Å². The van der Waals surface area contributed by atoms with Gasteiger partial charge in [0.05, 0.1) is 13.7 Å². The second-order valence-corrected chi connectivity index (χ2v) is 2.77. The van der Waals surface area contributed by atoms with Crippen LogP contribution in [0.5, 0.6) is 11.5 Å². The fourth-order valence-corrected chi connectivity index (χ4v) is 1.01. The molecule has 0 aliphatic carbocycles. The summed E-state index contributed by atoms with van der Waals surface area (Å²) >= 11 is 0. The Bertz CT molecular complexity index is 246. The normalized spacial score (nSPS) is 9.69. The van der Waals surface area contributed by atoms with Crippen molar-refractivity contribution >= 4 is 0 Å². The standard InChI is InChI=1S/C11H15O2/c1-3-4-9-13-11-8-6-5-7-10(11)12-2/h5-6,8H,3-4,9H2,1-2H3. The van der Waals surface area contributed by atoms with Gasteiger partial charge in [-0.05, 0) is 12.5 Å². The number of methoxy groups -OCH3 is 1. The lowest BCUT2D eigenvalue weighted by Gasteiger charge is -2.08. The molecular formula is C11H15O2. The number of benzene rings is 1. The van der Waals surface area contributed by atoms with E-state index in [0.717, 1.165) is 25.2 Å². The van der Waals surface area contributed by atoms with Gasteiger partial charge in [0.1, 0.15) is 0 Å². The van der Waals surface area contributed by atoms with Crippen LogP contribution in [0.1, 0.15) is 19.8 Å². The topological polar surface area (TPSA) is 18.5 Å². The molecule has 71 valence electrons. The van der Waals surface area contributed by atoms with E-state index in [1.807, 2.05) is 18.2 Å². The summed E-state index contributed by atoms with van der Waals surface area (Å²) in [5, 5.41) is 0. The van der Waals surface area contributed by atoms with Crippen molar-refractivity contribution in [2.45, 2.75) is 19.8 Å². The summed E-state index contributed by atoms with van der Waals surface area (Å²) in [6, 6.07) is 8.56. The molecule has 0 fully saturated rings. The van der Waals surface area contributed by atoms with Crippen LogP contribution < -0.4 is 9.47 Å². The van der Waals surface area contributed by atoms with E-state index in [1.54, 1.807) is 7.11 Å². The van der Waals surface area contributed by atoms with Crippen molar-refractivity contribution in [1.29, 1.82) is 0 Å². The predicted octanol–water partition coefficient (Wildman–Crippen LogP) is 2.67. The highest BCUT2D eigenvalue weighted by molar-refractivity contribution is 5.38. The molecule has 0 bridgehead atoms. The number of hydrogen-bond acceptors (Lipinski definition) is 2. The van der Waals surface area contributed by atoms with Crippen LogP contribution in [0, 0.1) is 6.07 Å². The van der Waals surface area contributed by atoms with Crippen LogP contribution in [0.2, 0.25) is 0 Å². The molecule has 0 aromatic heterocycles. The molecule has 0 spiro atoms. The van der Waals surface area contributed by atoms with E-state index in [4.69, 9.17) is 9.47 Å². The minimum atomic E-state index is 0.679. The zero-order valence-electron chi connectivity index (χ0n) is 8.17. The molecule has 0 unspecified atom stereocenters. The van der Waals surface area contributed by atoms with Gasteiger partial charge in [-0.3, -0.25) is 0 Å². The maximum atomic E-state index is 5.51. The highest BCUT2D eigenvalue weighted by Crippen LogP contribution is 2.25. The molecule has 13 heavy (non-hydrogen) atoms. The van der Waals surface area contributed by atoms with Crippen molar-refractivity contribution in [3.63, 3.8) is 0 Å². The van der Waals surface area contributed by atoms with Gasteiger partial charge in [0, 0.05) is 6.07 Å². The highest BCUT2D eigenvalue weighted by Gasteiger charge is 2.01. The van der Waals surface area contributed by atoms with Crippen LogP contribution >= 0.6 is 0 Å². The van der Waals surface area contributed by atoms with Gasteiger partial charge in [-0.1, -0.05) is 25.5 Å². The molecule has 1 radical (unpaired) electrons. The smallest absolute Gasteiger partial charge is 0.168 e. The predicted molar refractivity (Wildman–Crippen MR) is 52.2 cm³/mol. The number of rotatable bonds is 5. The van der Waals surface area contributed by atoms with Crippen LogP contribution in [0.3, 0.4) is 0 Å². The van der Waals surface area contributed by atoms with Gasteiger partial charge in [-0.25, -0.2) is 0 Å². The van der Waals surface area contributed by atoms with Crippen LogP contribution in [-0.4, -0.2) is 13.7 Å². The third-order valence-electron chi connectivity index (χ3n) is 1.74. The molecular weight excluding hydrogens is 164 g/mol. The fourth-order valence-electron chi connectivity index (χ4n) is 1.01. The minimum absolute atomic E-state index is 0.679. The van der Waals surface area contributed by atoms with Gasteiger partial charge in [0.15, 0.2) is 11.5 Å². The molecule has 0 heterocycles. The Labute approximate surface area is 79.5 Å². The summed E-state index contributed by atoms with van der Waals surface area (Å²) in [5.74, 6) is 1.46. The molecule has 0 saturated carbocycles. The summed E-state index contributed by atoms with van der Waals surface area (Å²) in [5.41, 5.74) is 0. The number of ether oxygens (including phenoxy) is 2. The van der Waals surface area contributed by atoms with E-state index < -0.39 is 0 Å². The lowest BCUT2D eigenvalue weighted by atomic mass is 10.3. The molecule has 2 nitrogen and oxygen atoms in total. The first-order chi connectivity index (χ1) is 6.38. The Morgan fingerprint density at radius 2 is 2.31 bits per heavy atom. The molecule has 1 aromatic rings. The Hall–Kier alpha value is -1.18.